The van der Waals surface area contributed by atoms with E-state index in [2.05, 4.69) is 16.4 Å². The van der Waals surface area contributed by atoms with Gasteiger partial charge >= 0.3 is 0 Å². The summed E-state index contributed by atoms with van der Waals surface area (Å²) < 4.78 is 0. The van der Waals surface area contributed by atoms with Crippen molar-refractivity contribution in [2.45, 2.75) is 6.54 Å². The van der Waals surface area contributed by atoms with Crippen LogP contribution in [0.1, 0.15) is 15.9 Å². The fourth-order valence-electron chi connectivity index (χ4n) is 2.31. The SMILES string of the molecule is NC(=O)c1ccc(Cl)c(NCc2cccc3[nH]ccc23)c1. The second-order valence-electron chi connectivity index (χ2n) is 4.77. The number of carbonyl (C=O) groups excluding carboxylic acids is 1. The average Bonchev–Trinajstić information content (AvgIpc) is 2.95. The molecule has 21 heavy (non-hydrogen) atoms. The molecule has 5 heteroatoms. The fourth-order valence-corrected chi connectivity index (χ4v) is 2.49. The van der Waals surface area contributed by atoms with Crippen LogP contribution in [0.15, 0.2) is 48.7 Å². The molecule has 2 aromatic carbocycles. The number of rotatable bonds is 4. The van der Waals surface area contributed by atoms with Crippen molar-refractivity contribution in [3.63, 3.8) is 0 Å². The Balaban J connectivity index is 1.86. The lowest BCUT2D eigenvalue weighted by atomic mass is 10.1. The number of hydrogen-bond donors (Lipinski definition) is 3. The number of primary amides is 1. The molecule has 4 N–H and O–H groups in total. The summed E-state index contributed by atoms with van der Waals surface area (Å²) in [5.41, 5.74) is 8.65. The van der Waals surface area contributed by atoms with E-state index in [1.165, 1.54) is 0 Å². The molecule has 0 radical (unpaired) electrons. The van der Waals surface area contributed by atoms with Gasteiger partial charge in [-0.15, -0.1) is 0 Å². The summed E-state index contributed by atoms with van der Waals surface area (Å²) in [6, 6.07) is 13.1. The summed E-state index contributed by atoms with van der Waals surface area (Å²) in [6.07, 6.45) is 1.91. The molecule has 0 saturated carbocycles. The standard InChI is InChI=1S/C16H14ClN3O/c17-13-5-4-10(16(18)21)8-15(13)20-9-11-2-1-3-14-12(11)6-7-19-14/h1-8,19-20H,9H2,(H2,18,21). The zero-order valence-electron chi connectivity index (χ0n) is 11.2. The maximum absolute atomic E-state index is 11.2. The van der Waals surface area contributed by atoms with Gasteiger partial charge < -0.3 is 16.0 Å². The molecule has 0 fully saturated rings. The summed E-state index contributed by atoms with van der Waals surface area (Å²) in [5, 5.41) is 4.97. The Morgan fingerprint density at radius 2 is 2.10 bits per heavy atom. The topological polar surface area (TPSA) is 70.9 Å². The molecule has 3 rings (SSSR count). The number of nitrogens with two attached hydrogens (primary N) is 1. The molecule has 4 nitrogen and oxygen atoms in total. The van der Waals surface area contributed by atoms with E-state index in [4.69, 9.17) is 17.3 Å². The van der Waals surface area contributed by atoms with Crippen LogP contribution in [0.25, 0.3) is 10.9 Å². The van der Waals surface area contributed by atoms with Crippen molar-refractivity contribution in [3.8, 4) is 0 Å². The smallest absolute Gasteiger partial charge is 0.248 e. The number of aromatic amines is 1. The third kappa shape index (κ3) is 2.71. The second kappa shape index (κ2) is 5.50. The van der Waals surface area contributed by atoms with E-state index in [1.54, 1.807) is 18.2 Å². The maximum atomic E-state index is 11.2. The van der Waals surface area contributed by atoms with Crippen LogP contribution in [-0.2, 0) is 6.54 Å². The lowest BCUT2D eigenvalue weighted by Crippen LogP contribution is -2.11. The van der Waals surface area contributed by atoms with E-state index in [0.717, 1.165) is 16.5 Å². The zero-order valence-corrected chi connectivity index (χ0v) is 11.9. The van der Waals surface area contributed by atoms with Gasteiger partial charge in [-0.05, 0) is 35.9 Å². The minimum Gasteiger partial charge on any atom is -0.380 e. The minimum atomic E-state index is -0.470. The van der Waals surface area contributed by atoms with Crippen molar-refractivity contribution in [1.82, 2.24) is 4.98 Å². The van der Waals surface area contributed by atoms with Gasteiger partial charge in [0.1, 0.15) is 0 Å². The second-order valence-corrected chi connectivity index (χ2v) is 5.18. The van der Waals surface area contributed by atoms with Crippen molar-refractivity contribution in [1.29, 1.82) is 0 Å². The van der Waals surface area contributed by atoms with Gasteiger partial charge in [-0.1, -0.05) is 23.7 Å². The molecule has 0 unspecified atom stereocenters. The number of benzene rings is 2. The molecular weight excluding hydrogens is 286 g/mol. The van der Waals surface area contributed by atoms with E-state index < -0.39 is 5.91 Å². The zero-order chi connectivity index (χ0) is 14.8. The molecule has 0 spiro atoms. The Morgan fingerprint density at radius 1 is 1.24 bits per heavy atom. The molecule has 0 aliphatic rings. The number of hydrogen-bond acceptors (Lipinski definition) is 2. The van der Waals surface area contributed by atoms with E-state index in [0.29, 0.717) is 22.8 Å². The summed E-state index contributed by atoms with van der Waals surface area (Å²) in [5.74, 6) is -0.470. The van der Waals surface area contributed by atoms with Crippen molar-refractivity contribution in [2.24, 2.45) is 5.73 Å². The summed E-state index contributed by atoms with van der Waals surface area (Å²) >= 11 is 6.14. The highest BCUT2D eigenvalue weighted by atomic mass is 35.5. The van der Waals surface area contributed by atoms with Gasteiger partial charge in [-0.25, -0.2) is 0 Å². The Hall–Kier alpha value is -2.46. The number of nitrogens with one attached hydrogen (secondary N) is 2. The number of fused-ring (bicyclic) bond motifs is 1. The van der Waals surface area contributed by atoms with E-state index in [1.807, 2.05) is 24.4 Å². The van der Waals surface area contributed by atoms with Crippen LogP contribution in [-0.4, -0.2) is 10.9 Å². The van der Waals surface area contributed by atoms with Crippen LogP contribution in [0.2, 0.25) is 5.02 Å². The molecule has 0 aliphatic heterocycles. The van der Waals surface area contributed by atoms with Crippen LogP contribution in [0.5, 0.6) is 0 Å². The first kappa shape index (κ1) is 13.5. The summed E-state index contributed by atoms with van der Waals surface area (Å²) in [6.45, 7) is 0.608. The van der Waals surface area contributed by atoms with Crippen LogP contribution < -0.4 is 11.1 Å². The summed E-state index contributed by atoms with van der Waals surface area (Å²) in [4.78, 5) is 14.4. The van der Waals surface area contributed by atoms with Gasteiger partial charge in [-0.3, -0.25) is 4.79 Å². The van der Waals surface area contributed by atoms with Crippen LogP contribution in [0.3, 0.4) is 0 Å². The lowest BCUT2D eigenvalue weighted by Gasteiger charge is -2.10. The van der Waals surface area contributed by atoms with E-state index in [9.17, 15) is 4.79 Å². The van der Waals surface area contributed by atoms with E-state index >= 15 is 0 Å². The van der Waals surface area contributed by atoms with Crippen LogP contribution in [0, 0.1) is 0 Å². The first-order valence-electron chi connectivity index (χ1n) is 6.53. The van der Waals surface area contributed by atoms with Gasteiger partial charge in [0.2, 0.25) is 5.91 Å². The number of amides is 1. The third-order valence-electron chi connectivity index (χ3n) is 3.41. The van der Waals surface area contributed by atoms with E-state index in [-0.39, 0.29) is 0 Å². The number of carbonyl (C=O) groups is 1. The Kier molecular flexibility index (Phi) is 3.54. The van der Waals surface area contributed by atoms with Crippen molar-refractivity contribution < 1.29 is 4.79 Å². The predicted molar refractivity (Wildman–Crippen MR) is 85.6 cm³/mol. The molecule has 1 amide bonds. The largest absolute Gasteiger partial charge is 0.380 e. The van der Waals surface area contributed by atoms with Gasteiger partial charge in [-0.2, -0.15) is 0 Å². The highest BCUT2D eigenvalue weighted by Gasteiger charge is 2.07. The van der Waals surface area contributed by atoms with Crippen molar-refractivity contribution in [2.75, 3.05) is 5.32 Å². The molecule has 106 valence electrons. The molecule has 0 aliphatic carbocycles. The highest BCUT2D eigenvalue weighted by Crippen LogP contribution is 2.25. The molecule has 0 saturated heterocycles. The third-order valence-corrected chi connectivity index (χ3v) is 3.74. The first-order chi connectivity index (χ1) is 10.1. The first-order valence-corrected chi connectivity index (χ1v) is 6.91. The van der Waals surface area contributed by atoms with Crippen molar-refractivity contribution in [3.05, 3.63) is 64.8 Å². The fraction of sp³-hybridized carbons (Fsp3) is 0.0625. The monoisotopic (exact) mass is 299 g/mol. The lowest BCUT2D eigenvalue weighted by molar-refractivity contribution is 0.100. The maximum Gasteiger partial charge on any atom is 0.248 e. The molecule has 1 heterocycles. The van der Waals surface area contributed by atoms with Gasteiger partial charge in [0.15, 0.2) is 0 Å². The van der Waals surface area contributed by atoms with Crippen LogP contribution >= 0.6 is 11.6 Å². The quantitative estimate of drug-likeness (QED) is 0.689. The van der Waals surface area contributed by atoms with Crippen molar-refractivity contribution >= 4 is 34.1 Å². The average molecular weight is 300 g/mol. The summed E-state index contributed by atoms with van der Waals surface area (Å²) in [7, 11) is 0. The number of halogens is 1. The molecule has 1 aromatic heterocycles. The minimum absolute atomic E-state index is 0.432. The molecular formula is C16H14ClN3O. The Labute approximate surface area is 126 Å². The molecule has 3 aromatic rings. The van der Waals surface area contributed by atoms with Gasteiger partial charge in [0.25, 0.3) is 0 Å². The van der Waals surface area contributed by atoms with Crippen LogP contribution in [0.4, 0.5) is 5.69 Å². The highest BCUT2D eigenvalue weighted by molar-refractivity contribution is 6.33. The Morgan fingerprint density at radius 3 is 2.90 bits per heavy atom. The number of aromatic nitrogens is 1. The molecule has 0 bridgehead atoms. The Bertz CT molecular complexity index is 810. The predicted octanol–water partition coefficient (Wildman–Crippen LogP) is 3.53. The van der Waals surface area contributed by atoms with Gasteiger partial charge in [0.05, 0.1) is 10.7 Å². The normalized spacial score (nSPS) is 10.7. The number of anilines is 1. The van der Waals surface area contributed by atoms with Gasteiger partial charge in [0, 0.05) is 29.2 Å². The molecule has 0 atom stereocenters. The number of H-pyrrole nitrogens is 1.